The van der Waals surface area contributed by atoms with Crippen LogP contribution in [0.3, 0.4) is 0 Å². The van der Waals surface area contributed by atoms with Gasteiger partial charge in [-0.2, -0.15) is 5.10 Å². The van der Waals surface area contributed by atoms with Crippen molar-refractivity contribution >= 4 is 35.2 Å². The van der Waals surface area contributed by atoms with E-state index >= 15 is 0 Å². The van der Waals surface area contributed by atoms with Crippen LogP contribution < -0.4 is 15.5 Å². The molecule has 5 rings (SSSR count). The number of benzene rings is 1. The van der Waals surface area contributed by atoms with Crippen molar-refractivity contribution in [3.8, 4) is 0 Å². The average molecular weight is 647 g/mol. The van der Waals surface area contributed by atoms with E-state index in [-0.39, 0.29) is 23.4 Å². The van der Waals surface area contributed by atoms with Crippen LogP contribution in [-0.4, -0.2) is 106 Å². The smallest absolute Gasteiger partial charge is 0.320 e. The zero-order valence-corrected chi connectivity index (χ0v) is 27.2. The number of hydrogen-bond acceptors (Lipinski definition) is 8. The third kappa shape index (κ3) is 8.06. The number of ether oxygens (including phenoxy) is 1. The second-order valence-corrected chi connectivity index (χ2v) is 12.7. The van der Waals surface area contributed by atoms with E-state index in [2.05, 4.69) is 25.6 Å². The van der Waals surface area contributed by atoms with Crippen LogP contribution >= 0.6 is 0 Å². The lowest BCUT2D eigenvalue weighted by atomic mass is 9.92. The van der Waals surface area contributed by atoms with E-state index in [0.29, 0.717) is 75.1 Å². The molecule has 0 radical (unpaired) electrons. The summed E-state index contributed by atoms with van der Waals surface area (Å²) in [7, 11) is 1.71. The Morgan fingerprint density at radius 3 is 2.28 bits per heavy atom. The topological polar surface area (TPSA) is 162 Å². The number of aryl methyl sites for hydroxylation is 1. The largest absolute Gasteiger partial charge is 0.481 e. The quantitative estimate of drug-likeness (QED) is 0.334. The molecule has 2 saturated heterocycles. The predicted molar refractivity (Wildman–Crippen MR) is 175 cm³/mol. The number of nitrogens with one attached hydrogen (secondary N) is 2. The van der Waals surface area contributed by atoms with Gasteiger partial charge in [-0.05, 0) is 35.9 Å². The number of rotatable bonds is 8. The third-order valence-corrected chi connectivity index (χ3v) is 8.33. The highest BCUT2D eigenvalue weighted by Gasteiger charge is 2.29. The van der Waals surface area contributed by atoms with E-state index in [4.69, 9.17) is 4.74 Å². The van der Waals surface area contributed by atoms with Crippen LogP contribution in [0.1, 0.15) is 65.3 Å². The van der Waals surface area contributed by atoms with Crippen molar-refractivity contribution in [3.63, 3.8) is 0 Å². The molecule has 4 heterocycles. The van der Waals surface area contributed by atoms with Gasteiger partial charge >= 0.3 is 12.0 Å². The molecule has 2 fully saturated rings. The maximum Gasteiger partial charge on any atom is 0.320 e. The number of urea groups is 1. The van der Waals surface area contributed by atoms with E-state index in [0.717, 1.165) is 5.69 Å². The van der Waals surface area contributed by atoms with Gasteiger partial charge in [-0.25, -0.2) is 4.79 Å². The molecule has 250 valence electrons. The maximum absolute atomic E-state index is 13.7. The Balaban J connectivity index is 1.40. The van der Waals surface area contributed by atoms with Crippen molar-refractivity contribution in [3.05, 3.63) is 71.3 Å². The van der Waals surface area contributed by atoms with Crippen LogP contribution in [0.4, 0.5) is 16.2 Å². The highest BCUT2D eigenvalue weighted by molar-refractivity contribution is 6.06. The summed E-state index contributed by atoms with van der Waals surface area (Å²) in [6, 6.07) is 9.33. The number of piperazine rings is 1. The van der Waals surface area contributed by atoms with Crippen molar-refractivity contribution in [1.29, 1.82) is 0 Å². The number of morpholine rings is 1. The molecule has 3 aromatic rings. The van der Waals surface area contributed by atoms with Gasteiger partial charge < -0.3 is 35.2 Å². The van der Waals surface area contributed by atoms with Gasteiger partial charge in [-0.1, -0.05) is 26.8 Å². The van der Waals surface area contributed by atoms with E-state index < -0.39 is 23.8 Å². The number of nitrogens with zero attached hydrogens (tertiary/aromatic N) is 6. The molecule has 0 bridgehead atoms. The summed E-state index contributed by atoms with van der Waals surface area (Å²) in [4.78, 5) is 61.6. The molecule has 0 spiro atoms. The standard InChI is InChI=1S/C33H42N8O6/c1-33(2,3)28-20-27(38(4)37-28)31(45)36-25-18-22(30(44)35-24(19-29(42)43)23-6-5-9-34-21-23)7-8-26(25)39-10-12-40(13-11-39)32(46)41-14-16-47-17-15-41/h5-9,18,20-21,24H,10-17,19H2,1-4H3,(H,35,44)(H,36,45)(H,42,43). The fourth-order valence-electron chi connectivity index (χ4n) is 5.63. The number of carbonyl (C=O) groups excluding carboxylic acids is 3. The van der Waals surface area contributed by atoms with Crippen LogP contribution in [-0.2, 0) is 22.0 Å². The first-order chi connectivity index (χ1) is 22.4. The Kier molecular flexibility index (Phi) is 10.1. The number of carboxylic acids is 1. The molecule has 2 aliphatic rings. The van der Waals surface area contributed by atoms with E-state index in [1.54, 1.807) is 54.5 Å². The van der Waals surface area contributed by atoms with Crippen LogP contribution in [0.15, 0.2) is 48.8 Å². The SMILES string of the molecule is Cn1nc(C(C)(C)C)cc1C(=O)Nc1cc(C(=O)NC(CC(=O)O)c2cccnc2)ccc1N1CCN(C(=O)N2CCOCC2)CC1. The van der Waals surface area contributed by atoms with Crippen LogP contribution in [0.2, 0.25) is 0 Å². The molecule has 1 unspecified atom stereocenters. The van der Waals surface area contributed by atoms with E-state index in [1.807, 2.05) is 25.7 Å². The van der Waals surface area contributed by atoms with Gasteiger partial charge in [0.05, 0.1) is 42.7 Å². The highest BCUT2D eigenvalue weighted by atomic mass is 16.5. The van der Waals surface area contributed by atoms with Crippen molar-refractivity contribution in [1.82, 2.24) is 29.9 Å². The molecule has 1 atom stereocenters. The second-order valence-electron chi connectivity index (χ2n) is 12.7. The monoisotopic (exact) mass is 646 g/mol. The third-order valence-electron chi connectivity index (χ3n) is 8.33. The minimum Gasteiger partial charge on any atom is -0.481 e. The maximum atomic E-state index is 13.7. The van der Waals surface area contributed by atoms with Crippen molar-refractivity contribution in [2.24, 2.45) is 7.05 Å². The summed E-state index contributed by atoms with van der Waals surface area (Å²) in [5.74, 6) is -1.97. The van der Waals surface area contributed by atoms with Gasteiger partial charge in [-0.15, -0.1) is 0 Å². The minimum atomic E-state index is -1.07. The molecule has 2 aromatic heterocycles. The molecular weight excluding hydrogens is 604 g/mol. The molecule has 3 N–H and O–H groups in total. The van der Waals surface area contributed by atoms with Crippen LogP contribution in [0.25, 0.3) is 0 Å². The second kappa shape index (κ2) is 14.2. The number of pyridine rings is 1. The molecule has 2 aliphatic heterocycles. The summed E-state index contributed by atoms with van der Waals surface area (Å²) >= 11 is 0. The number of carbonyl (C=O) groups is 4. The van der Waals surface area contributed by atoms with Crippen LogP contribution in [0, 0.1) is 0 Å². The number of hydrogen-bond donors (Lipinski definition) is 3. The first-order valence-electron chi connectivity index (χ1n) is 15.7. The summed E-state index contributed by atoms with van der Waals surface area (Å²) in [6.07, 6.45) is 2.76. The van der Waals surface area contributed by atoms with E-state index in [9.17, 15) is 24.3 Å². The Labute approximate surface area is 273 Å². The number of aromatic nitrogens is 3. The summed E-state index contributed by atoms with van der Waals surface area (Å²) in [5, 5.41) is 19.8. The molecule has 4 amide bonds. The zero-order valence-electron chi connectivity index (χ0n) is 27.2. The van der Waals surface area contributed by atoms with Crippen molar-refractivity contribution in [2.45, 2.75) is 38.6 Å². The average Bonchev–Trinajstić information content (AvgIpc) is 3.47. The van der Waals surface area contributed by atoms with E-state index in [1.165, 1.54) is 10.9 Å². The number of amides is 4. The van der Waals surface area contributed by atoms with Gasteiger partial charge in [0.25, 0.3) is 11.8 Å². The summed E-state index contributed by atoms with van der Waals surface area (Å²) < 4.78 is 6.92. The zero-order chi connectivity index (χ0) is 33.7. The van der Waals surface area contributed by atoms with Gasteiger partial charge in [0.15, 0.2) is 0 Å². The highest BCUT2D eigenvalue weighted by Crippen LogP contribution is 2.30. The molecular formula is C33H42N8O6. The Hall–Kier alpha value is -4.98. The fraction of sp³-hybridized carbons (Fsp3) is 0.455. The summed E-state index contributed by atoms with van der Waals surface area (Å²) in [6.45, 7) is 10.3. The molecule has 0 aliphatic carbocycles. The summed E-state index contributed by atoms with van der Waals surface area (Å²) in [5.41, 5.74) is 2.76. The first-order valence-corrected chi connectivity index (χ1v) is 15.7. The van der Waals surface area contributed by atoms with Crippen molar-refractivity contribution in [2.75, 3.05) is 62.7 Å². The Morgan fingerprint density at radius 2 is 1.66 bits per heavy atom. The van der Waals surface area contributed by atoms with Gasteiger partial charge in [-0.3, -0.25) is 24.0 Å². The predicted octanol–water partition coefficient (Wildman–Crippen LogP) is 2.88. The molecule has 14 nitrogen and oxygen atoms in total. The Morgan fingerprint density at radius 1 is 0.957 bits per heavy atom. The molecule has 1 aromatic carbocycles. The number of anilines is 2. The lowest BCUT2D eigenvalue weighted by molar-refractivity contribution is -0.137. The molecule has 0 saturated carbocycles. The number of aliphatic carboxylic acids is 1. The van der Waals surface area contributed by atoms with Crippen molar-refractivity contribution < 1.29 is 29.0 Å². The lowest BCUT2D eigenvalue weighted by Gasteiger charge is -2.39. The lowest BCUT2D eigenvalue weighted by Crippen LogP contribution is -2.54. The van der Waals surface area contributed by atoms with Gasteiger partial charge in [0, 0.05) is 69.7 Å². The first kappa shape index (κ1) is 33.4. The Bertz CT molecular complexity index is 1600. The fourth-order valence-corrected chi connectivity index (χ4v) is 5.63. The normalized spacial score (nSPS) is 16.0. The number of carboxylic acid groups (broad SMARTS) is 1. The minimum absolute atomic E-state index is 0.0103. The van der Waals surface area contributed by atoms with Gasteiger partial charge in [0.1, 0.15) is 5.69 Å². The van der Waals surface area contributed by atoms with Crippen LogP contribution in [0.5, 0.6) is 0 Å². The molecule has 47 heavy (non-hydrogen) atoms. The van der Waals surface area contributed by atoms with Gasteiger partial charge in [0.2, 0.25) is 0 Å². The molecule has 14 heteroatoms.